The highest BCUT2D eigenvalue weighted by molar-refractivity contribution is 7.19. The molecule has 2 atom stereocenters. The van der Waals surface area contributed by atoms with Gasteiger partial charge >= 0.3 is 0 Å². The number of carbonyl (C=O) groups excluding carboxylic acids is 2. The fraction of sp³-hybridized carbons (Fsp3) is 0.538. The van der Waals surface area contributed by atoms with Crippen LogP contribution in [0.3, 0.4) is 0 Å². The lowest BCUT2D eigenvalue weighted by atomic mass is 9.76. The molecule has 260 valence electrons. The van der Waals surface area contributed by atoms with Gasteiger partial charge in [0.25, 0.3) is 5.91 Å². The molecule has 9 heteroatoms. The number of nitrogens with one attached hydrogen (secondary N) is 1. The average Bonchev–Trinajstić information content (AvgIpc) is 3.76. The Morgan fingerprint density at radius 2 is 1.79 bits per heavy atom. The molecule has 8 nitrogen and oxygen atoms in total. The Morgan fingerprint density at radius 3 is 2.31 bits per heavy atom. The van der Waals surface area contributed by atoms with E-state index in [0.717, 1.165) is 47.1 Å². The van der Waals surface area contributed by atoms with E-state index < -0.39 is 5.41 Å². The molecular weight excluding hydrogens is 617 g/mol. The third-order valence-electron chi connectivity index (χ3n) is 9.79. The monoisotopic (exact) mass is 672 g/mol. The molecular formula is C39H56N6O2S. The van der Waals surface area contributed by atoms with Gasteiger partial charge in [0.05, 0.1) is 23.1 Å². The molecule has 6 rings (SSSR count). The molecule has 0 aliphatic heterocycles. The molecule has 1 amide bonds. The topological polar surface area (TPSA) is 86.6 Å². The van der Waals surface area contributed by atoms with Crippen LogP contribution in [-0.4, -0.2) is 83.0 Å². The van der Waals surface area contributed by atoms with Crippen LogP contribution in [0.4, 0.5) is 0 Å². The molecule has 0 spiro atoms. The molecule has 3 aromatic heterocycles. The summed E-state index contributed by atoms with van der Waals surface area (Å²) in [6.45, 7) is 16.2. The molecule has 48 heavy (non-hydrogen) atoms. The van der Waals surface area contributed by atoms with Crippen molar-refractivity contribution >= 4 is 39.5 Å². The lowest BCUT2D eigenvalue weighted by Crippen LogP contribution is -2.30. The third kappa shape index (κ3) is 9.18. The summed E-state index contributed by atoms with van der Waals surface area (Å²) < 4.78 is 1.82. The Labute approximate surface area is 291 Å². The maximum Gasteiger partial charge on any atom is 0.256 e. The van der Waals surface area contributed by atoms with Crippen LogP contribution in [0.15, 0.2) is 41.8 Å². The molecule has 2 fully saturated rings. The van der Waals surface area contributed by atoms with Gasteiger partial charge in [-0.05, 0) is 123 Å². The van der Waals surface area contributed by atoms with E-state index in [0.29, 0.717) is 12.3 Å². The zero-order valence-electron chi connectivity index (χ0n) is 30.8. The second-order valence-corrected chi connectivity index (χ2v) is 15.5. The van der Waals surface area contributed by atoms with E-state index in [4.69, 9.17) is 0 Å². The molecule has 2 saturated carbocycles. The quantitative estimate of drug-likeness (QED) is 0.186. The number of H-pyrrole nitrogens is 1. The number of aryl methyl sites for hydroxylation is 4. The second kappa shape index (κ2) is 16.3. The van der Waals surface area contributed by atoms with E-state index >= 15 is 0 Å². The summed E-state index contributed by atoms with van der Waals surface area (Å²) in [5.41, 5.74) is 7.61. The van der Waals surface area contributed by atoms with Gasteiger partial charge in [-0.2, -0.15) is 0 Å². The van der Waals surface area contributed by atoms with E-state index in [1.54, 1.807) is 17.7 Å². The van der Waals surface area contributed by atoms with E-state index in [1.807, 2.05) is 31.7 Å². The van der Waals surface area contributed by atoms with Gasteiger partial charge in [-0.15, -0.1) is 11.3 Å². The SMILES string of the molecule is CCN(C)CCN(C)C.Cc1cc(C)cc(-c2[nH]c3sc(C(C)(C)C(=O)N=C4CCC5CCC45)cc3c2C)c1.Cn1cnc(CC=O)c1. The van der Waals surface area contributed by atoms with Crippen molar-refractivity contribution in [3.8, 4) is 11.3 Å². The number of carbonyl (C=O) groups is 2. The summed E-state index contributed by atoms with van der Waals surface area (Å²) in [6.07, 6.45) is 9.55. The van der Waals surface area contributed by atoms with Gasteiger partial charge in [0, 0.05) is 54.6 Å². The van der Waals surface area contributed by atoms with Crippen molar-refractivity contribution in [3.05, 3.63) is 64.1 Å². The van der Waals surface area contributed by atoms with E-state index in [9.17, 15) is 9.59 Å². The summed E-state index contributed by atoms with van der Waals surface area (Å²) >= 11 is 1.70. The fourth-order valence-corrected chi connectivity index (χ4v) is 7.61. The minimum atomic E-state index is -0.591. The van der Waals surface area contributed by atoms with Crippen LogP contribution >= 0.6 is 11.3 Å². The van der Waals surface area contributed by atoms with Crippen molar-refractivity contribution in [1.82, 2.24) is 24.3 Å². The van der Waals surface area contributed by atoms with Crippen LogP contribution < -0.4 is 0 Å². The van der Waals surface area contributed by atoms with Gasteiger partial charge in [-0.25, -0.2) is 9.98 Å². The number of aliphatic imine (C=N–C) groups is 1. The first-order valence-electron chi connectivity index (χ1n) is 17.3. The molecule has 4 aromatic rings. The van der Waals surface area contributed by atoms with Crippen LogP contribution in [0.1, 0.15) is 73.7 Å². The zero-order valence-corrected chi connectivity index (χ0v) is 31.6. The normalized spacial score (nSPS) is 18.0. The number of aromatic amines is 1. The summed E-state index contributed by atoms with van der Waals surface area (Å²) in [5, 5.41) is 1.22. The number of rotatable bonds is 9. The van der Waals surface area contributed by atoms with Crippen LogP contribution in [-0.2, 0) is 28.5 Å². The van der Waals surface area contributed by atoms with E-state index in [2.05, 4.69) is 97.9 Å². The first-order valence-corrected chi connectivity index (χ1v) is 18.1. The largest absolute Gasteiger partial charge is 0.346 e. The first kappa shape index (κ1) is 37.4. The predicted octanol–water partition coefficient (Wildman–Crippen LogP) is 7.55. The number of aldehydes is 1. The van der Waals surface area contributed by atoms with Gasteiger partial charge in [0.15, 0.2) is 0 Å². The number of amides is 1. The number of imidazole rings is 1. The molecule has 1 aromatic carbocycles. The standard InChI is InChI=1S/C26H30N2OS.C7H18N2.C6H8N2O/c1-14-10-15(2)12-18(11-14)23-16(3)20-13-22(30-24(20)28-23)26(4,5)25(29)27-21-9-7-17-6-8-19(17)21;1-5-9(4)7-6-8(2)3;1-8-4-6(2-3-9)7-5-8/h10-13,17,19,28H,6-9H2,1-5H3;5-7H2,1-4H3;3-5H,2H2,1H3. The van der Waals surface area contributed by atoms with Crippen molar-refractivity contribution in [2.75, 3.05) is 40.8 Å². The summed E-state index contributed by atoms with van der Waals surface area (Å²) in [7, 11) is 8.22. The molecule has 0 saturated heterocycles. The minimum Gasteiger partial charge on any atom is -0.346 e. The predicted molar refractivity (Wildman–Crippen MR) is 201 cm³/mol. The summed E-state index contributed by atoms with van der Waals surface area (Å²) in [6, 6.07) is 8.87. The Hall–Kier alpha value is -3.40. The average molecular weight is 673 g/mol. The number of likely N-dealkylation sites (N-methyl/N-ethyl adjacent to an activating group) is 2. The molecule has 2 aliphatic carbocycles. The highest BCUT2D eigenvalue weighted by atomic mass is 32.1. The van der Waals surface area contributed by atoms with Crippen LogP contribution in [0.25, 0.3) is 21.5 Å². The lowest BCUT2D eigenvalue weighted by molar-refractivity contribution is -0.122. The maximum atomic E-state index is 13.2. The number of hydrogen-bond acceptors (Lipinski definition) is 6. The number of aromatic nitrogens is 3. The number of benzene rings is 1. The second-order valence-electron chi connectivity index (χ2n) is 14.5. The number of thiophene rings is 1. The first-order chi connectivity index (χ1) is 22.7. The zero-order chi connectivity index (χ0) is 35.2. The summed E-state index contributed by atoms with van der Waals surface area (Å²) in [5.74, 6) is 1.40. The molecule has 0 radical (unpaired) electrons. The van der Waals surface area contributed by atoms with Crippen LogP contribution in [0.2, 0.25) is 0 Å². The maximum absolute atomic E-state index is 13.2. The smallest absolute Gasteiger partial charge is 0.256 e. The van der Waals surface area contributed by atoms with E-state index in [1.165, 1.54) is 64.9 Å². The molecule has 2 unspecified atom stereocenters. The highest BCUT2D eigenvalue weighted by Gasteiger charge is 2.41. The molecule has 3 heterocycles. The molecule has 0 bridgehead atoms. The van der Waals surface area contributed by atoms with Gasteiger partial charge < -0.3 is 24.1 Å². The Bertz CT molecular complexity index is 1700. The molecule has 1 N–H and O–H groups in total. The van der Waals surface area contributed by atoms with E-state index in [-0.39, 0.29) is 5.91 Å². The van der Waals surface area contributed by atoms with Crippen molar-refractivity contribution in [1.29, 1.82) is 0 Å². The lowest BCUT2D eigenvalue weighted by Gasteiger charge is -2.30. The van der Waals surface area contributed by atoms with Crippen LogP contribution in [0.5, 0.6) is 0 Å². The van der Waals surface area contributed by atoms with Crippen LogP contribution in [0, 0.1) is 32.6 Å². The summed E-state index contributed by atoms with van der Waals surface area (Å²) in [4.78, 5) is 42.0. The Morgan fingerprint density at radius 1 is 1.08 bits per heavy atom. The number of hydrogen-bond donors (Lipinski definition) is 1. The number of fused-ring (bicyclic) bond motifs is 2. The Kier molecular flexibility index (Phi) is 12.7. The van der Waals surface area contributed by atoms with Gasteiger partial charge in [-0.3, -0.25) is 4.79 Å². The van der Waals surface area contributed by atoms with Gasteiger partial charge in [-0.1, -0.05) is 24.1 Å². The van der Waals surface area contributed by atoms with Crippen molar-refractivity contribution in [2.24, 2.45) is 23.9 Å². The van der Waals surface area contributed by atoms with Crippen molar-refractivity contribution in [3.63, 3.8) is 0 Å². The fourth-order valence-electron chi connectivity index (χ4n) is 6.39. The highest BCUT2D eigenvalue weighted by Crippen LogP contribution is 2.46. The number of nitrogens with zero attached hydrogens (tertiary/aromatic N) is 5. The van der Waals surface area contributed by atoms with Gasteiger partial charge in [0.2, 0.25) is 0 Å². The van der Waals surface area contributed by atoms with Gasteiger partial charge in [0.1, 0.15) is 11.1 Å². The Balaban J connectivity index is 0.000000237. The minimum absolute atomic E-state index is 0.0149. The third-order valence-corrected chi connectivity index (χ3v) is 11.2. The van der Waals surface area contributed by atoms with Crippen molar-refractivity contribution in [2.45, 2.75) is 79.1 Å². The molecule has 2 aliphatic rings. The van der Waals surface area contributed by atoms with Crippen molar-refractivity contribution < 1.29 is 9.59 Å².